The van der Waals surface area contributed by atoms with E-state index in [9.17, 15) is 0 Å². The molecule has 0 radical (unpaired) electrons. The summed E-state index contributed by atoms with van der Waals surface area (Å²) in [4.78, 5) is 0. The van der Waals surface area contributed by atoms with Gasteiger partial charge in [0.15, 0.2) is 11.5 Å². The standard InChI is InChI=1S/C15H20BrNO2S/c1-20-15(3-2-4-15)10-17-9-11-7-12(16)14-13(8-11)18-5-6-19-14/h7-8,17H,2-6,9-10H2,1H3. The van der Waals surface area contributed by atoms with Gasteiger partial charge in [0, 0.05) is 17.8 Å². The minimum atomic E-state index is 0.477. The van der Waals surface area contributed by atoms with E-state index in [0.717, 1.165) is 29.1 Å². The number of ether oxygens (including phenoxy) is 2. The predicted molar refractivity (Wildman–Crippen MR) is 86.9 cm³/mol. The Balaban J connectivity index is 1.61. The van der Waals surface area contributed by atoms with Gasteiger partial charge in [0.1, 0.15) is 13.2 Å². The van der Waals surface area contributed by atoms with Gasteiger partial charge in [0.25, 0.3) is 0 Å². The van der Waals surface area contributed by atoms with Crippen molar-refractivity contribution in [2.45, 2.75) is 30.6 Å². The zero-order chi connectivity index (χ0) is 14.0. The van der Waals surface area contributed by atoms with Crippen molar-refractivity contribution in [1.29, 1.82) is 0 Å². The minimum Gasteiger partial charge on any atom is -0.486 e. The molecule has 3 nitrogen and oxygen atoms in total. The second-order valence-electron chi connectivity index (χ2n) is 5.45. The summed E-state index contributed by atoms with van der Waals surface area (Å²) >= 11 is 5.57. The van der Waals surface area contributed by atoms with Crippen LogP contribution in [0.25, 0.3) is 0 Å². The first-order valence-corrected chi connectivity index (χ1v) is 9.08. The summed E-state index contributed by atoms with van der Waals surface area (Å²) in [6, 6.07) is 4.20. The topological polar surface area (TPSA) is 30.5 Å². The zero-order valence-electron chi connectivity index (χ0n) is 11.7. The summed E-state index contributed by atoms with van der Waals surface area (Å²) in [5, 5.41) is 3.59. The highest BCUT2D eigenvalue weighted by Crippen LogP contribution is 2.42. The summed E-state index contributed by atoms with van der Waals surface area (Å²) in [5.41, 5.74) is 1.23. The first-order valence-electron chi connectivity index (χ1n) is 7.06. The lowest BCUT2D eigenvalue weighted by molar-refractivity contribution is 0.170. The molecule has 0 spiro atoms. The molecule has 1 aromatic rings. The fourth-order valence-electron chi connectivity index (χ4n) is 2.73. The van der Waals surface area contributed by atoms with E-state index in [1.807, 2.05) is 11.8 Å². The van der Waals surface area contributed by atoms with Gasteiger partial charge in [-0.2, -0.15) is 11.8 Å². The highest BCUT2D eigenvalue weighted by Gasteiger charge is 2.35. The molecule has 1 N–H and O–H groups in total. The van der Waals surface area contributed by atoms with Crippen LogP contribution in [0.1, 0.15) is 24.8 Å². The molecule has 1 fully saturated rings. The van der Waals surface area contributed by atoms with Crippen LogP contribution in [-0.4, -0.2) is 30.8 Å². The molecule has 1 aliphatic carbocycles. The Morgan fingerprint density at radius 1 is 1.30 bits per heavy atom. The molecule has 1 aromatic carbocycles. The smallest absolute Gasteiger partial charge is 0.175 e. The van der Waals surface area contributed by atoms with E-state index in [-0.39, 0.29) is 0 Å². The lowest BCUT2D eigenvalue weighted by Gasteiger charge is -2.40. The van der Waals surface area contributed by atoms with Crippen LogP contribution in [0.3, 0.4) is 0 Å². The fourth-order valence-corrected chi connectivity index (χ4v) is 4.27. The molecule has 0 aromatic heterocycles. The van der Waals surface area contributed by atoms with Gasteiger partial charge in [-0.3, -0.25) is 0 Å². The van der Waals surface area contributed by atoms with Crippen LogP contribution in [-0.2, 0) is 6.54 Å². The molecular formula is C15H20BrNO2S. The SMILES string of the molecule is CSC1(CNCc2cc(Br)c3c(c2)OCCO3)CCC1. The highest BCUT2D eigenvalue weighted by molar-refractivity contribution is 9.10. The van der Waals surface area contributed by atoms with E-state index in [1.165, 1.54) is 24.8 Å². The highest BCUT2D eigenvalue weighted by atomic mass is 79.9. The van der Waals surface area contributed by atoms with E-state index >= 15 is 0 Å². The van der Waals surface area contributed by atoms with E-state index in [2.05, 4.69) is 39.6 Å². The van der Waals surface area contributed by atoms with E-state index in [1.54, 1.807) is 0 Å². The first kappa shape index (κ1) is 14.5. The number of thioether (sulfide) groups is 1. The second-order valence-corrected chi connectivity index (χ2v) is 7.57. The molecule has 0 atom stereocenters. The second kappa shape index (κ2) is 6.16. The Hall–Kier alpha value is -0.390. The van der Waals surface area contributed by atoms with Gasteiger partial charge in [-0.25, -0.2) is 0 Å². The van der Waals surface area contributed by atoms with Crippen molar-refractivity contribution in [3.05, 3.63) is 22.2 Å². The molecule has 1 saturated carbocycles. The number of rotatable bonds is 5. The van der Waals surface area contributed by atoms with Crippen LogP contribution in [0.4, 0.5) is 0 Å². The summed E-state index contributed by atoms with van der Waals surface area (Å²) in [6.07, 6.45) is 6.28. The maximum absolute atomic E-state index is 5.66. The minimum absolute atomic E-state index is 0.477. The third kappa shape index (κ3) is 2.95. The number of nitrogens with one attached hydrogen (secondary N) is 1. The maximum atomic E-state index is 5.66. The van der Waals surface area contributed by atoms with Gasteiger partial charge in [-0.05, 0) is 52.7 Å². The van der Waals surface area contributed by atoms with E-state index in [0.29, 0.717) is 18.0 Å². The zero-order valence-corrected chi connectivity index (χ0v) is 14.1. The van der Waals surface area contributed by atoms with Crippen molar-refractivity contribution in [3.8, 4) is 11.5 Å². The number of fused-ring (bicyclic) bond motifs is 1. The van der Waals surface area contributed by atoms with Crippen molar-refractivity contribution in [3.63, 3.8) is 0 Å². The van der Waals surface area contributed by atoms with E-state index in [4.69, 9.17) is 9.47 Å². The van der Waals surface area contributed by atoms with Crippen molar-refractivity contribution < 1.29 is 9.47 Å². The summed E-state index contributed by atoms with van der Waals surface area (Å²) in [5.74, 6) is 1.69. The van der Waals surface area contributed by atoms with Crippen molar-refractivity contribution >= 4 is 27.7 Å². The van der Waals surface area contributed by atoms with Crippen LogP contribution < -0.4 is 14.8 Å². The molecule has 0 bridgehead atoms. The van der Waals surface area contributed by atoms with Crippen LogP contribution in [0.5, 0.6) is 11.5 Å². The van der Waals surface area contributed by atoms with Crippen LogP contribution in [0.2, 0.25) is 0 Å². The van der Waals surface area contributed by atoms with Crippen molar-refractivity contribution in [2.24, 2.45) is 0 Å². The average Bonchev–Trinajstić information content (AvgIpc) is 2.42. The molecule has 3 rings (SSSR count). The summed E-state index contributed by atoms with van der Waals surface area (Å²) in [6.45, 7) is 3.21. The molecule has 1 aliphatic heterocycles. The molecule has 0 amide bonds. The number of halogens is 1. The third-order valence-corrected chi connectivity index (χ3v) is 6.14. The molecule has 1 heterocycles. The number of benzene rings is 1. The largest absolute Gasteiger partial charge is 0.486 e. The molecule has 0 saturated heterocycles. The van der Waals surface area contributed by atoms with Gasteiger partial charge in [-0.1, -0.05) is 6.42 Å². The lowest BCUT2D eigenvalue weighted by Crippen LogP contribution is -2.43. The molecule has 2 aliphatic rings. The molecule has 0 unspecified atom stereocenters. The Bertz CT molecular complexity index is 485. The number of hydrogen-bond donors (Lipinski definition) is 1. The summed E-state index contributed by atoms with van der Waals surface area (Å²) in [7, 11) is 0. The monoisotopic (exact) mass is 357 g/mol. The summed E-state index contributed by atoms with van der Waals surface area (Å²) < 4.78 is 12.7. The Kier molecular flexibility index (Phi) is 4.48. The predicted octanol–water partition coefficient (Wildman–Crippen LogP) is 3.60. The Morgan fingerprint density at radius 3 is 2.80 bits per heavy atom. The van der Waals surface area contributed by atoms with Gasteiger partial charge >= 0.3 is 0 Å². The quantitative estimate of drug-likeness (QED) is 0.871. The van der Waals surface area contributed by atoms with Crippen molar-refractivity contribution in [1.82, 2.24) is 5.32 Å². The third-order valence-electron chi connectivity index (χ3n) is 4.13. The maximum Gasteiger partial charge on any atom is 0.175 e. The molecule has 110 valence electrons. The molecule has 5 heteroatoms. The van der Waals surface area contributed by atoms with Gasteiger partial charge in [0.2, 0.25) is 0 Å². The first-order chi connectivity index (χ1) is 9.72. The Labute approximate surface area is 132 Å². The van der Waals surface area contributed by atoms with Gasteiger partial charge < -0.3 is 14.8 Å². The average molecular weight is 358 g/mol. The van der Waals surface area contributed by atoms with Crippen molar-refractivity contribution in [2.75, 3.05) is 26.0 Å². The lowest BCUT2D eigenvalue weighted by atomic mass is 9.84. The Morgan fingerprint density at radius 2 is 2.10 bits per heavy atom. The van der Waals surface area contributed by atoms with Crippen LogP contribution in [0.15, 0.2) is 16.6 Å². The van der Waals surface area contributed by atoms with Gasteiger partial charge in [0.05, 0.1) is 4.47 Å². The van der Waals surface area contributed by atoms with Crippen LogP contribution in [0, 0.1) is 0 Å². The van der Waals surface area contributed by atoms with Crippen LogP contribution >= 0.6 is 27.7 Å². The fraction of sp³-hybridized carbons (Fsp3) is 0.600. The molecular weight excluding hydrogens is 338 g/mol. The normalized spacial score (nSPS) is 19.5. The van der Waals surface area contributed by atoms with E-state index < -0.39 is 0 Å². The molecule has 20 heavy (non-hydrogen) atoms. The number of hydrogen-bond acceptors (Lipinski definition) is 4. The van der Waals surface area contributed by atoms with Gasteiger partial charge in [-0.15, -0.1) is 0 Å².